The Morgan fingerprint density at radius 2 is 1.58 bits per heavy atom. The van der Waals surface area contributed by atoms with Gasteiger partial charge in [0.15, 0.2) is 0 Å². The molecule has 0 saturated carbocycles. The molecular weight excluding hydrogens is 348 g/mol. The highest BCUT2D eigenvalue weighted by molar-refractivity contribution is 6.30. The number of hydrogen-bond donors (Lipinski definition) is 1. The third-order valence-corrected chi connectivity index (χ3v) is 4.59. The molecule has 1 N–H and O–H groups in total. The average Bonchev–Trinajstić information content (AvgIpc) is 2.64. The Kier molecular flexibility index (Phi) is 7.22. The standard InChI is InChI=1S/C21H25ClN2O2/c1-4-16-7-6-8-17(5-2)20(16)24(15(3)25)14-13-23-21(26)18-9-11-19(22)12-10-18/h6-12H,4-5,13-14H2,1-3H3,(H,23,26). The van der Waals surface area contributed by atoms with Crippen molar-refractivity contribution >= 4 is 29.1 Å². The zero-order valence-electron chi connectivity index (χ0n) is 15.5. The molecule has 0 atom stereocenters. The lowest BCUT2D eigenvalue weighted by Gasteiger charge is -2.26. The first-order valence-corrected chi connectivity index (χ1v) is 9.28. The number of rotatable bonds is 7. The predicted octanol–water partition coefficient (Wildman–Crippen LogP) is 4.25. The number of hydrogen-bond acceptors (Lipinski definition) is 2. The van der Waals surface area contributed by atoms with Crippen molar-refractivity contribution in [2.24, 2.45) is 0 Å². The lowest BCUT2D eigenvalue weighted by atomic mass is 10.0. The summed E-state index contributed by atoms with van der Waals surface area (Å²) in [5.41, 5.74) is 3.81. The van der Waals surface area contributed by atoms with Crippen LogP contribution >= 0.6 is 11.6 Å². The van der Waals surface area contributed by atoms with E-state index in [1.165, 1.54) is 0 Å². The second-order valence-corrected chi connectivity index (χ2v) is 6.50. The van der Waals surface area contributed by atoms with E-state index in [9.17, 15) is 9.59 Å². The smallest absolute Gasteiger partial charge is 0.251 e. The first-order valence-electron chi connectivity index (χ1n) is 8.90. The van der Waals surface area contributed by atoms with E-state index >= 15 is 0 Å². The largest absolute Gasteiger partial charge is 0.350 e. The number of para-hydroxylation sites is 1. The summed E-state index contributed by atoms with van der Waals surface area (Å²) in [7, 11) is 0. The van der Waals surface area contributed by atoms with E-state index in [1.807, 2.05) is 6.07 Å². The Hall–Kier alpha value is -2.33. The third-order valence-electron chi connectivity index (χ3n) is 4.34. The van der Waals surface area contributed by atoms with Crippen LogP contribution in [0.2, 0.25) is 5.02 Å². The number of nitrogens with zero attached hydrogens (tertiary/aromatic N) is 1. The van der Waals surface area contributed by atoms with Crippen LogP contribution < -0.4 is 10.2 Å². The van der Waals surface area contributed by atoms with Gasteiger partial charge in [0.1, 0.15) is 0 Å². The summed E-state index contributed by atoms with van der Waals surface area (Å²) < 4.78 is 0. The van der Waals surface area contributed by atoms with Gasteiger partial charge in [-0.05, 0) is 48.2 Å². The van der Waals surface area contributed by atoms with Crippen LogP contribution in [0.4, 0.5) is 5.69 Å². The molecule has 2 aromatic rings. The zero-order valence-corrected chi connectivity index (χ0v) is 16.3. The Morgan fingerprint density at radius 1 is 1.00 bits per heavy atom. The van der Waals surface area contributed by atoms with Crippen LogP contribution in [0.5, 0.6) is 0 Å². The molecule has 5 heteroatoms. The molecule has 2 amide bonds. The summed E-state index contributed by atoms with van der Waals surface area (Å²) in [4.78, 5) is 26.3. The minimum absolute atomic E-state index is 0.0265. The van der Waals surface area contributed by atoms with Gasteiger partial charge in [-0.3, -0.25) is 9.59 Å². The lowest BCUT2D eigenvalue weighted by molar-refractivity contribution is -0.116. The van der Waals surface area contributed by atoms with Gasteiger partial charge >= 0.3 is 0 Å². The first kappa shape index (κ1) is 20.0. The summed E-state index contributed by atoms with van der Waals surface area (Å²) in [5, 5.41) is 3.46. The van der Waals surface area contributed by atoms with Gasteiger partial charge in [-0.2, -0.15) is 0 Å². The van der Waals surface area contributed by atoms with Crippen LogP contribution in [-0.4, -0.2) is 24.9 Å². The molecule has 0 aromatic heterocycles. The highest BCUT2D eigenvalue weighted by atomic mass is 35.5. The van der Waals surface area contributed by atoms with E-state index < -0.39 is 0 Å². The van der Waals surface area contributed by atoms with E-state index in [2.05, 4.69) is 31.3 Å². The fourth-order valence-electron chi connectivity index (χ4n) is 2.97. The van der Waals surface area contributed by atoms with Crippen molar-refractivity contribution in [3.8, 4) is 0 Å². The summed E-state index contributed by atoms with van der Waals surface area (Å²) in [5.74, 6) is -0.203. The fraction of sp³-hybridized carbons (Fsp3) is 0.333. The fourth-order valence-corrected chi connectivity index (χ4v) is 3.10. The van der Waals surface area contributed by atoms with Gasteiger partial charge in [0.05, 0.1) is 5.69 Å². The van der Waals surface area contributed by atoms with Gasteiger partial charge in [0, 0.05) is 30.6 Å². The Balaban J connectivity index is 2.11. The quantitative estimate of drug-likeness (QED) is 0.789. The number of aryl methyl sites for hydroxylation is 2. The molecule has 0 unspecified atom stereocenters. The maximum atomic E-state index is 12.3. The molecular formula is C21H25ClN2O2. The van der Waals surface area contributed by atoms with Gasteiger partial charge < -0.3 is 10.2 Å². The number of carbonyl (C=O) groups excluding carboxylic acids is 2. The van der Waals surface area contributed by atoms with Crippen molar-refractivity contribution < 1.29 is 9.59 Å². The van der Waals surface area contributed by atoms with Gasteiger partial charge in [0.2, 0.25) is 5.91 Å². The Labute approximate surface area is 160 Å². The van der Waals surface area contributed by atoms with Crippen molar-refractivity contribution in [2.45, 2.75) is 33.6 Å². The molecule has 0 fully saturated rings. The second kappa shape index (κ2) is 9.39. The second-order valence-electron chi connectivity index (χ2n) is 6.07. The lowest BCUT2D eigenvalue weighted by Crippen LogP contribution is -2.38. The van der Waals surface area contributed by atoms with Crippen LogP contribution in [0.1, 0.15) is 42.3 Å². The minimum Gasteiger partial charge on any atom is -0.350 e. The van der Waals surface area contributed by atoms with E-state index in [0.717, 1.165) is 29.7 Å². The summed E-state index contributed by atoms with van der Waals surface area (Å²) >= 11 is 5.85. The molecule has 0 aliphatic rings. The van der Waals surface area contributed by atoms with Crippen LogP contribution in [0.3, 0.4) is 0 Å². The van der Waals surface area contributed by atoms with Crippen molar-refractivity contribution in [3.05, 3.63) is 64.2 Å². The number of halogens is 1. The monoisotopic (exact) mass is 372 g/mol. The van der Waals surface area contributed by atoms with E-state index in [1.54, 1.807) is 36.1 Å². The maximum Gasteiger partial charge on any atom is 0.251 e. The molecule has 0 bridgehead atoms. The topological polar surface area (TPSA) is 49.4 Å². The highest BCUT2D eigenvalue weighted by Crippen LogP contribution is 2.27. The predicted molar refractivity (Wildman–Crippen MR) is 107 cm³/mol. The van der Waals surface area contributed by atoms with Crippen LogP contribution in [0.25, 0.3) is 0 Å². The zero-order chi connectivity index (χ0) is 19.1. The average molecular weight is 373 g/mol. The molecule has 2 rings (SSSR count). The van der Waals surface area contributed by atoms with Gasteiger partial charge in [-0.15, -0.1) is 0 Å². The van der Waals surface area contributed by atoms with Crippen molar-refractivity contribution in [2.75, 3.05) is 18.0 Å². The molecule has 26 heavy (non-hydrogen) atoms. The summed E-state index contributed by atoms with van der Waals surface area (Å²) in [6.45, 7) is 6.53. The van der Waals surface area contributed by atoms with Crippen LogP contribution in [-0.2, 0) is 17.6 Å². The third kappa shape index (κ3) is 4.85. The molecule has 0 aliphatic heterocycles. The summed E-state index contributed by atoms with van der Waals surface area (Å²) in [6.07, 6.45) is 1.70. The molecule has 4 nitrogen and oxygen atoms in total. The Morgan fingerprint density at radius 3 is 2.08 bits per heavy atom. The van der Waals surface area contributed by atoms with Crippen LogP contribution in [0, 0.1) is 0 Å². The highest BCUT2D eigenvalue weighted by Gasteiger charge is 2.18. The van der Waals surface area contributed by atoms with Crippen molar-refractivity contribution in [1.29, 1.82) is 0 Å². The van der Waals surface area contributed by atoms with Gasteiger partial charge in [-0.1, -0.05) is 43.6 Å². The molecule has 0 aliphatic carbocycles. The molecule has 0 heterocycles. The molecule has 0 spiro atoms. The molecule has 2 aromatic carbocycles. The van der Waals surface area contributed by atoms with Gasteiger partial charge in [-0.25, -0.2) is 0 Å². The number of carbonyl (C=O) groups is 2. The minimum atomic E-state index is -0.176. The van der Waals surface area contributed by atoms with Crippen LogP contribution in [0.15, 0.2) is 42.5 Å². The summed E-state index contributed by atoms with van der Waals surface area (Å²) in [6, 6.07) is 12.9. The maximum absolute atomic E-state index is 12.3. The number of anilines is 1. The first-order chi connectivity index (χ1) is 12.5. The van der Waals surface area contributed by atoms with E-state index in [-0.39, 0.29) is 11.8 Å². The van der Waals surface area contributed by atoms with Crippen molar-refractivity contribution in [3.63, 3.8) is 0 Å². The Bertz CT molecular complexity index is 750. The number of nitrogens with one attached hydrogen (secondary N) is 1. The normalized spacial score (nSPS) is 10.5. The van der Waals surface area contributed by atoms with Crippen molar-refractivity contribution in [1.82, 2.24) is 5.32 Å². The molecule has 138 valence electrons. The SMILES string of the molecule is CCc1cccc(CC)c1N(CCNC(=O)c1ccc(Cl)cc1)C(C)=O. The van der Waals surface area contributed by atoms with E-state index in [0.29, 0.717) is 23.7 Å². The molecule has 0 saturated heterocycles. The number of amides is 2. The molecule has 0 radical (unpaired) electrons. The number of benzene rings is 2. The van der Waals surface area contributed by atoms with E-state index in [4.69, 9.17) is 11.6 Å². The van der Waals surface area contributed by atoms with Gasteiger partial charge in [0.25, 0.3) is 5.91 Å².